The highest BCUT2D eigenvalue weighted by atomic mass is 35.5. The van der Waals surface area contributed by atoms with Crippen molar-refractivity contribution in [3.63, 3.8) is 0 Å². The van der Waals surface area contributed by atoms with E-state index in [1.54, 1.807) is 37.6 Å². The van der Waals surface area contributed by atoms with Crippen LogP contribution in [0.1, 0.15) is 24.0 Å². The number of halogens is 4. The van der Waals surface area contributed by atoms with E-state index in [0.717, 1.165) is 24.1 Å². The average molecular weight is 658 g/mol. The summed E-state index contributed by atoms with van der Waals surface area (Å²) in [6.45, 7) is 1.29. The normalized spacial score (nSPS) is 14.4. The van der Waals surface area contributed by atoms with E-state index in [1.165, 1.54) is 0 Å². The molecule has 0 aliphatic carbocycles. The van der Waals surface area contributed by atoms with E-state index >= 15 is 4.39 Å². The van der Waals surface area contributed by atoms with Crippen molar-refractivity contribution < 1.29 is 23.4 Å². The van der Waals surface area contributed by atoms with Gasteiger partial charge in [-0.3, -0.25) is 9.78 Å². The van der Waals surface area contributed by atoms with Crippen LogP contribution in [0.5, 0.6) is 5.88 Å². The predicted octanol–water partition coefficient (Wildman–Crippen LogP) is 5.60. The van der Waals surface area contributed by atoms with E-state index in [-0.39, 0.29) is 47.9 Å². The van der Waals surface area contributed by atoms with E-state index in [2.05, 4.69) is 31.2 Å². The number of benzene rings is 2. The summed E-state index contributed by atoms with van der Waals surface area (Å²) < 4.78 is 35.2. The molecule has 3 heterocycles. The number of hydrogen-bond acceptors (Lipinski definition) is 8. The highest BCUT2D eigenvalue weighted by Gasteiger charge is 2.21. The number of amides is 1. The smallest absolute Gasteiger partial charge is 0.220 e. The Hall–Kier alpha value is -3.87. The van der Waals surface area contributed by atoms with Crippen LogP contribution in [0.2, 0.25) is 10.0 Å². The molecule has 1 unspecified atom stereocenters. The number of methoxy groups -OCH3 is 1. The molecular weight excluding hydrogens is 625 g/mol. The number of nitrogens with zero attached hydrogens (tertiary/aromatic N) is 2. The van der Waals surface area contributed by atoms with E-state index in [1.807, 2.05) is 12.1 Å². The second-order valence-corrected chi connectivity index (χ2v) is 11.2. The summed E-state index contributed by atoms with van der Waals surface area (Å²) in [5, 5.41) is 21.5. The van der Waals surface area contributed by atoms with Crippen molar-refractivity contribution in [1.29, 1.82) is 0 Å². The summed E-state index contributed by atoms with van der Waals surface area (Å²) in [6, 6.07) is 12.8. The summed E-state index contributed by atoms with van der Waals surface area (Å²) in [7, 11) is 1.54. The number of anilines is 2. The maximum absolute atomic E-state index is 15.2. The SMILES string of the molecule is COc1nc(-c2ccnc(-c3cccc(Nc4cc(F)cc(CNCCO)c4F)c3Cl)c2Cl)ccc1CNCC1CCC(=O)N1. The summed E-state index contributed by atoms with van der Waals surface area (Å²) >= 11 is 13.7. The van der Waals surface area contributed by atoms with Crippen LogP contribution in [-0.2, 0) is 17.9 Å². The third-order valence-corrected chi connectivity index (χ3v) is 8.12. The van der Waals surface area contributed by atoms with E-state index in [0.29, 0.717) is 58.6 Å². The van der Waals surface area contributed by atoms with Gasteiger partial charge < -0.3 is 31.1 Å². The van der Waals surface area contributed by atoms with Crippen LogP contribution >= 0.6 is 23.2 Å². The first kappa shape index (κ1) is 32.5. The van der Waals surface area contributed by atoms with Gasteiger partial charge in [-0.1, -0.05) is 41.4 Å². The molecule has 4 aromatic rings. The predicted molar refractivity (Wildman–Crippen MR) is 171 cm³/mol. The molecule has 1 atom stereocenters. The lowest BCUT2D eigenvalue weighted by atomic mass is 10.0. The van der Waals surface area contributed by atoms with Crippen molar-refractivity contribution in [3.8, 4) is 28.4 Å². The number of carbonyl (C=O) groups excluding carboxylic acids is 1. The number of ether oxygens (including phenoxy) is 1. The van der Waals surface area contributed by atoms with Crippen LogP contribution in [0.4, 0.5) is 20.2 Å². The van der Waals surface area contributed by atoms with Crippen LogP contribution in [0.3, 0.4) is 0 Å². The number of aliphatic hydroxyl groups excluding tert-OH is 1. The minimum absolute atomic E-state index is 0.0371. The van der Waals surface area contributed by atoms with Crippen LogP contribution in [0.25, 0.3) is 22.5 Å². The number of aromatic nitrogens is 2. The number of aliphatic hydroxyl groups is 1. The summed E-state index contributed by atoms with van der Waals surface area (Å²) in [5.74, 6) is -0.777. The van der Waals surface area contributed by atoms with Crippen molar-refractivity contribution in [1.82, 2.24) is 25.9 Å². The van der Waals surface area contributed by atoms with E-state index in [9.17, 15) is 9.18 Å². The quantitative estimate of drug-likeness (QED) is 0.118. The number of carbonyl (C=O) groups is 1. The van der Waals surface area contributed by atoms with Crippen LogP contribution < -0.4 is 26.0 Å². The first-order valence-corrected chi connectivity index (χ1v) is 15.1. The standard InChI is InChI=1S/C32H32Cl2F2N6O3/c1-45-32-18(15-38-17-21-6-8-27(44)40-21)5-7-24(42-32)22-9-10-39-31(29(22)34)23-3-2-4-25(28(23)33)41-26-14-20(35)13-19(30(26)36)16-37-11-12-43/h2-5,7,9-10,13-14,21,37-38,41,43H,6,8,11-12,15-17H2,1H3,(H,40,44). The Bertz CT molecular complexity index is 1690. The maximum Gasteiger partial charge on any atom is 0.220 e. The molecule has 1 aliphatic heterocycles. The monoisotopic (exact) mass is 656 g/mol. The van der Waals surface area contributed by atoms with Gasteiger partial charge in [-0.15, -0.1) is 0 Å². The lowest BCUT2D eigenvalue weighted by Gasteiger charge is -2.16. The first-order chi connectivity index (χ1) is 21.8. The Morgan fingerprint density at radius 2 is 1.84 bits per heavy atom. The molecule has 0 saturated carbocycles. The van der Waals surface area contributed by atoms with Crippen LogP contribution in [0.15, 0.2) is 54.7 Å². The topological polar surface area (TPSA) is 120 Å². The molecule has 2 aromatic heterocycles. The van der Waals surface area contributed by atoms with Gasteiger partial charge in [0.2, 0.25) is 11.8 Å². The second kappa shape index (κ2) is 14.9. The molecule has 5 N–H and O–H groups in total. The molecule has 1 saturated heterocycles. The van der Waals surface area contributed by atoms with Gasteiger partial charge in [-0.05, 0) is 30.7 Å². The minimum atomic E-state index is -0.648. The molecule has 236 valence electrons. The third-order valence-electron chi connectivity index (χ3n) is 7.33. The number of rotatable bonds is 13. The molecule has 0 spiro atoms. The van der Waals surface area contributed by atoms with Crippen molar-refractivity contribution >= 4 is 40.5 Å². The summed E-state index contributed by atoms with van der Waals surface area (Å²) in [4.78, 5) is 20.6. The number of pyridine rings is 2. The minimum Gasteiger partial charge on any atom is -0.481 e. The van der Waals surface area contributed by atoms with Gasteiger partial charge in [0.15, 0.2) is 5.82 Å². The lowest BCUT2D eigenvalue weighted by Crippen LogP contribution is -2.35. The van der Waals surface area contributed by atoms with Gasteiger partial charge in [-0.25, -0.2) is 13.8 Å². The molecule has 0 radical (unpaired) electrons. The van der Waals surface area contributed by atoms with Crippen LogP contribution in [0, 0.1) is 11.6 Å². The van der Waals surface area contributed by atoms with Crippen molar-refractivity contribution in [3.05, 3.63) is 87.5 Å². The molecule has 1 aliphatic rings. The fraction of sp³-hybridized carbons (Fsp3) is 0.281. The van der Waals surface area contributed by atoms with Gasteiger partial charge in [0.25, 0.3) is 0 Å². The molecule has 2 aromatic carbocycles. The van der Waals surface area contributed by atoms with Crippen molar-refractivity contribution in [2.24, 2.45) is 0 Å². The Morgan fingerprint density at radius 1 is 1.02 bits per heavy atom. The average Bonchev–Trinajstić information content (AvgIpc) is 3.45. The Labute approximate surface area is 269 Å². The van der Waals surface area contributed by atoms with E-state index < -0.39 is 11.6 Å². The lowest BCUT2D eigenvalue weighted by molar-refractivity contribution is -0.119. The highest BCUT2D eigenvalue weighted by molar-refractivity contribution is 6.39. The third kappa shape index (κ3) is 7.69. The zero-order chi connectivity index (χ0) is 31.9. The largest absolute Gasteiger partial charge is 0.481 e. The molecular formula is C32H32Cl2F2N6O3. The Balaban J connectivity index is 1.38. The van der Waals surface area contributed by atoms with Gasteiger partial charge >= 0.3 is 0 Å². The molecule has 0 bridgehead atoms. The molecule has 1 fully saturated rings. The Morgan fingerprint density at radius 3 is 2.60 bits per heavy atom. The zero-order valence-corrected chi connectivity index (χ0v) is 25.9. The first-order valence-electron chi connectivity index (χ1n) is 14.3. The summed E-state index contributed by atoms with van der Waals surface area (Å²) in [6.07, 6.45) is 2.94. The van der Waals surface area contributed by atoms with Crippen molar-refractivity contribution in [2.45, 2.75) is 32.0 Å². The van der Waals surface area contributed by atoms with Gasteiger partial charge in [-0.2, -0.15) is 0 Å². The molecule has 5 rings (SSSR count). The molecule has 13 heteroatoms. The number of hydrogen-bond donors (Lipinski definition) is 5. The fourth-order valence-corrected chi connectivity index (χ4v) is 5.67. The zero-order valence-electron chi connectivity index (χ0n) is 24.4. The van der Waals surface area contributed by atoms with Crippen LogP contribution in [-0.4, -0.2) is 53.8 Å². The van der Waals surface area contributed by atoms with Gasteiger partial charge in [0.1, 0.15) is 5.82 Å². The molecule has 1 amide bonds. The van der Waals surface area contributed by atoms with Gasteiger partial charge in [0.05, 0.1) is 46.5 Å². The highest BCUT2D eigenvalue weighted by Crippen LogP contribution is 2.41. The second-order valence-electron chi connectivity index (χ2n) is 10.4. The fourth-order valence-electron chi connectivity index (χ4n) is 5.10. The Kier molecular flexibility index (Phi) is 10.8. The maximum atomic E-state index is 15.2. The number of nitrogens with one attached hydrogen (secondary N) is 4. The molecule has 45 heavy (non-hydrogen) atoms. The van der Waals surface area contributed by atoms with E-state index in [4.69, 9.17) is 33.0 Å². The molecule has 9 nitrogen and oxygen atoms in total. The van der Waals surface area contributed by atoms with Gasteiger partial charge in [0, 0.05) is 73.2 Å². The summed E-state index contributed by atoms with van der Waals surface area (Å²) in [5.41, 5.74) is 3.17. The van der Waals surface area contributed by atoms with Crippen molar-refractivity contribution in [2.75, 3.05) is 32.1 Å².